The third-order valence-corrected chi connectivity index (χ3v) is 5.26. The smallest absolute Gasteiger partial charge is 0.287 e. The Morgan fingerprint density at radius 2 is 2.04 bits per heavy atom. The van der Waals surface area contributed by atoms with Gasteiger partial charge in [0.25, 0.3) is 5.91 Å². The second-order valence-electron chi connectivity index (χ2n) is 7.21. The lowest BCUT2D eigenvalue weighted by molar-refractivity contribution is 0.0876. The molecular weight excluding hydrogens is 334 g/mol. The molecule has 0 radical (unpaired) electrons. The van der Waals surface area contributed by atoms with E-state index in [1.165, 1.54) is 0 Å². The van der Waals surface area contributed by atoms with Crippen LogP contribution in [0.25, 0.3) is 11.0 Å². The number of fused-ring (bicyclic) bond motifs is 1. The van der Waals surface area contributed by atoms with Crippen molar-refractivity contribution in [3.63, 3.8) is 0 Å². The summed E-state index contributed by atoms with van der Waals surface area (Å²) in [5.41, 5.74) is 1.40. The summed E-state index contributed by atoms with van der Waals surface area (Å²) in [5.74, 6) is 0.907. The number of rotatable bonds is 4. The summed E-state index contributed by atoms with van der Waals surface area (Å²) in [7, 11) is 1.62. The van der Waals surface area contributed by atoms with E-state index < -0.39 is 0 Å². The van der Waals surface area contributed by atoms with Gasteiger partial charge in [-0.25, -0.2) is 0 Å². The molecule has 132 valence electrons. The van der Waals surface area contributed by atoms with E-state index >= 15 is 0 Å². The van der Waals surface area contributed by atoms with Crippen LogP contribution in [0.4, 0.5) is 0 Å². The molecule has 2 aromatic heterocycles. The largest absolute Gasteiger partial charge is 0.497 e. The number of aryl methyl sites for hydroxylation is 1. The number of furan rings is 1. The first-order valence-corrected chi connectivity index (χ1v) is 9.10. The minimum absolute atomic E-state index is 0.0813. The van der Waals surface area contributed by atoms with Gasteiger partial charge in [-0.05, 0) is 42.0 Å². The van der Waals surface area contributed by atoms with Crippen LogP contribution in [0.2, 0.25) is 0 Å². The van der Waals surface area contributed by atoms with Crippen LogP contribution >= 0.6 is 11.3 Å². The number of ether oxygens (including phenoxy) is 1. The SMILES string of the molecule is COc1ccc2oc(C(=O)NC(c3cccs3)C(C)(C)C)c(C)c2c1. The van der Waals surface area contributed by atoms with Crippen molar-refractivity contribution in [2.24, 2.45) is 5.41 Å². The van der Waals surface area contributed by atoms with Crippen molar-refractivity contribution in [2.75, 3.05) is 7.11 Å². The van der Waals surface area contributed by atoms with Gasteiger partial charge < -0.3 is 14.5 Å². The molecule has 1 atom stereocenters. The minimum atomic E-state index is -0.194. The van der Waals surface area contributed by atoms with E-state index in [1.807, 2.05) is 36.6 Å². The van der Waals surface area contributed by atoms with Crippen LogP contribution in [0.15, 0.2) is 40.1 Å². The topological polar surface area (TPSA) is 51.5 Å². The van der Waals surface area contributed by atoms with Gasteiger partial charge in [0, 0.05) is 15.8 Å². The second-order valence-corrected chi connectivity index (χ2v) is 8.19. The maximum Gasteiger partial charge on any atom is 0.287 e. The zero-order chi connectivity index (χ0) is 18.2. The Balaban J connectivity index is 1.95. The number of methoxy groups -OCH3 is 1. The molecule has 4 nitrogen and oxygen atoms in total. The zero-order valence-corrected chi connectivity index (χ0v) is 16.0. The summed E-state index contributed by atoms with van der Waals surface area (Å²) in [6.07, 6.45) is 0. The van der Waals surface area contributed by atoms with Crippen LogP contribution in [0.5, 0.6) is 5.75 Å². The van der Waals surface area contributed by atoms with E-state index in [2.05, 4.69) is 32.2 Å². The fraction of sp³-hybridized carbons (Fsp3) is 0.350. The monoisotopic (exact) mass is 357 g/mol. The average molecular weight is 357 g/mol. The fourth-order valence-corrected chi connectivity index (χ4v) is 3.93. The molecule has 2 heterocycles. The van der Waals surface area contributed by atoms with Gasteiger partial charge >= 0.3 is 0 Å². The third-order valence-electron chi connectivity index (χ3n) is 4.32. The highest BCUT2D eigenvalue weighted by molar-refractivity contribution is 7.10. The van der Waals surface area contributed by atoms with Crippen molar-refractivity contribution in [3.8, 4) is 5.75 Å². The number of thiophene rings is 1. The molecule has 5 heteroatoms. The van der Waals surface area contributed by atoms with Crippen molar-refractivity contribution >= 4 is 28.2 Å². The van der Waals surface area contributed by atoms with E-state index in [4.69, 9.17) is 9.15 Å². The normalized spacial score (nSPS) is 13.0. The minimum Gasteiger partial charge on any atom is -0.497 e. The predicted molar refractivity (Wildman–Crippen MR) is 101 cm³/mol. The van der Waals surface area contributed by atoms with Crippen LogP contribution in [-0.4, -0.2) is 13.0 Å². The fourth-order valence-electron chi connectivity index (χ4n) is 2.91. The first kappa shape index (κ1) is 17.5. The number of carbonyl (C=O) groups is 1. The van der Waals surface area contributed by atoms with E-state index in [9.17, 15) is 4.79 Å². The van der Waals surface area contributed by atoms with Gasteiger partial charge in [0.05, 0.1) is 13.2 Å². The predicted octanol–water partition coefficient (Wildman–Crippen LogP) is 5.33. The molecule has 0 fully saturated rings. The van der Waals surface area contributed by atoms with Gasteiger partial charge in [-0.2, -0.15) is 0 Å². The van der Waals surface area contributed by atoms with Crippen molar-refractivity contribution in [3.05, 3.63) is 51.9 Å². The Morgan fingerprint density at radius 3 is 2.64 bits per heavy atom. The molecule has 1 amide bonds. The van der Waals surface area contributed by atoms with Crippen LogP contribution in [0, 0.1) is 12.3 Å². The first-order valence-electron chi connectivity index (χ1n) is 8.22. The van der Waals surface area contributed by atoms with Crippen LogP contribution in [0.1, 0.15) is 47.8 Å². The maximum absolute atomic E-state index is 12.9. The summed E-state index contributed by atoms with van der Waals surface area (Å²) in [5, 5.41) is 6.08. The summed E-state index contributed by atoms with van der Waals surface area (Å²) >= 11 is 1.65. The Bertz CT molecular complexity index is 888. The number of hydrogen-bond donors (Lipinski definition) is 1. The standard InChI is InChI=1S/C20H23NO3S/c1-12-14-11-13(23-5)8-9-15(14)24-17(12)19(22)21-18(20(2,3)4)16-7-6-10-25-16/h6-11,18H,1-5H3,(H,21,22). The van der Waals surface area contributed by atoms with Crippen LogP contribution < -0.4 is 10.1 Å². The highest BCUT2D eigenvalue weighted by Gasteiger charge is 2.30. The number of nitrogens with one attached hydrogen (secondary N) is 1. The zero-order valence-electron chi connectivity index (χ0n) is 15.2. The summed E-state index contributed by atoms with van der Waals surface area (Å²) in [6.45, 7) is 8.26. The molecular formula is C20H23NO3S. The van der Waals surface area contributed by atoms with Gasteiger partial charge in [0.1, 0.15) is 11.3 Å². The van der Waals surface area contributed by atoms with E-state index in [0.717, 1.165) is 21.6 Å². The molecule has 25 heavy (non-hydrogen) atoms. The van der Waals surface area contributed by atoms with Crippen molar-refractivity contribution in [1.29, 1.82) is 0 Å². The van der Waals surface area contributed by atoms with Gasteiger partial charge in [-0.15, -0.1) is 11.3 Å². The third kappa shape index (κ3) is 3.42. The van der Waals surface area contributed by atoms with Gasteiger partial charge in [0.2, 0.25) is 0 Å². The molecule has 0 bridgehead atoms. The highest BCUT2D eigenvalue weighted by atomic mass is 32.1. The van der Waals surface area contributed by atoms with Crippen LogP contribution in [-0.2, 0) is 0 Å². The average Bonchev–Trinajstić information content (AvgIpc) is 3.19. The molecule has 3 rings (SSSR count). The Labute approximate surface area is 151 Å². The molecule has 3 aromatic rings. The van der Waals surface area contributed by atoms with Gasteiger partial charge in [0.15, 0.2) is 5.76 Å². The number of benzene rings is 1. The van der Waals surface area contributed by atoms with E-state index in [0.29, 0.717) is 11.3 Å². The second kappa shape index (κ2) is 6.56. The Hall–Kier alpha value is -2.27. The lowest BCUT2D eigenvalue weighted by Gasteiger charge is -2.30. The number of carbonyl (C=O) groups excluding carboxylic acids is 1. The maximum atomic E-state index is 12.9. The number of amides is 1. The molecule has 0 aliphatic heterocycles. The van der Waals surface area contributed by atoms with Gasteiger partial charge in [-0.3, -0.25) is 4.79 Å². The molecule has 0 aliphatic carbocycles. The molecule has 0 saturated carbocycles. The Morgan fingerprint density at radius 1 is 1.28 bits per heavy atom. The molecule has 0 aliphatic rings. The Kier molecular flexibility index (Phi) is 4.60. The lowest BCUT2D eigenvalue weighted by atomic mass is 9.85. The molecule has 0 spiro atoms. The quantitative estimate of drug-likeness (QED) is 0.687. The molecule has 1 N–H and O–H groups in total. The van der Waals surface area contributed by atoms with Crippen molar-refractivity contribution in [1.82, 2.24) is 5.32 Å². The van der Waals surface area contributed by atoms with Crippen LogP contribution in [0.3, 0.4) is 0 Å². The van der Waals surface area contributed by atoms with Crippen molar-refractivity contribution in [2.45, 2.75) is 33.7 Å². The summed E-state index contributed by atoms with van der Waals surface area (Å²) in [6, 6.07) is 9.53. The number of hydrogen-bond acceptors (Lipinski definition) is 4. The van der Waals surface area contributed by atoms with E-state index in [-0.39, 0.29) is 17.4 Å². The first-order chi connectivity index (χ1) is 11.8. The van der Waals surface area contributed by atoms with E-state index in [1.54, 1.807) is 18.4 Å². The van der Waals surface area contributed by atoms with Crippen molar-refractivity contribution < 1.29 is 13.9 Å². The highest BCUT2D eigenvalue weighted by Crippen LogP contribution is 2.36. The summed E-state index contributed by atoms with van der Waals surface area (Å²) < 4.78 is 11.1. The lowest BCUT2D eigenvalue weighted by Crippen LogP contribution is -2.36. The molecule has 1 unspecified atom stereocenters. The van der Waals surface area contributed by atoms with Gasteiger partial charge in [-0.1, -0.05) is 26.8 Å². The molecule has 1 aromatic carbocycles. The summed E-state index contributed by atoms with van der Waals surface area (Å²) in [4.78, 5) is 14.0. The molecule has 0 saturated heterocycles.